The van der Waals surface area contributed by atoms with Crippen molar-refractivity contribution < 1.29 is 22.9 Å². The summed E-state index contributed by atoms with van der Waals surface area (Å²) in [5.74, 6) is -0.455. The molecule has 11 heteroatoms. The van der Waals surface area contributed by atoms with Crippen LogP contribution in [0.2, 0.25) is 0 Å². The molecular weight excluding hydrogens is 415 g/mol. The summed E-state index contributed by atoms with van der Waals surface area (Å²) in [7, 11) is 0. The monoisotopic (exact) mass is 429 g/mol. The molecular formula is C20H14F3N5O3. The highest BCUT2D eigenvalue weighted by atomic mass is 19.4. The molecule has 0 radical (unpaired) electrons. The topological polar surface area (TPSA) is 101 Å². The minimum Gasteiger partial charge on any atom is -0.325 e. The van der Waals surface area contributed by atoms with Gasteiger partial charge in [0.05, 0.1) is 16.1 Å². The third-order valence-corrected chi connectivity index (χ3v) is 4.74. The van der Waals surface area contributed by atoms with Crippen LogP contribution in [-0.4, -0.2) is 33.5 Å². The molecule has 0 unspecified atom stereocenters. The molecule has 4 rings (SSSR count). The van der Waals surface area contributed by atoms with Crippen molar-refractivity contribution in [3.05, 3.63) is 70.6 Å². The number of benzene rings is 2. The van der Waals surface area contributed by atoms with Crippen molar-refractivity contribution >= 4 is 39.7 Å². The first kappa shape index (κ1) is 20.3. The molecule has 0 saturated heterocycles. The maximum absolute atomic E-state index is 12.3. The molecule has 0 saturated carbocycles. The van der Waals surface area contributed by atoms with Gasteiger partial charge in [0.25, 0.3) is 5.69 Å². The summed E-state index contributed by atoms with van der Waals surface area (Å²) in [6.45, 7) is 0.535. The lowest BCUT2D eigenvalue weighted by Gasteiger charge is -2.20. The summed E-state index contributed by atoms with van der Waals surface area (Å²) in [5, 5.41) is 14.1. The van der Waals surface area contributed by atoms with Gasteiger partial charge in [0.15, 0.2) is 0 Å². The van der Waals surface area contributed by atoms with Crippen LogP contribution in [-0.2, 0) is 11.2 Å². The van der Waals surface area contributed by atoms with E-state index in [1.165, 1.54) is 24.5 Å². The van der Waals surface area contributed by atoms with Gasteiger partial charge in [-0.3, -0.25) is 14.9 Å². The third kappa shape index (κ3) is 4.29. The number of carbonyl (C=O) groups is 1. The molecule has 31 heavy (non-hydrogen) atoms. The van der Waals surface area contributed by atoms with E-state index >= 15 is 0 Å². The Morgan fingerprint density at radius 1 is 1.19 bits per heavy atom. The molecule has 8 nitrogen and oxygen atoms in total. The SMILES string of the molecule is O=C(C=CC(F)(F)F)Nc1ccc2ncnc(N3CCc4ccc([N+](=O)[O-])cc43)c2c1. The van der Waals surface area contributed by atoms with E-state index in [2.05, 4.69) is 15.3 Å². The number of aromatic nitrogens is 2. The lowest BCUT2D eigenvalue weighted by atomic mass is 10.1. The van der Waals surface area contributed by atoms with E-state index in [-0.39, 0.29) is 17.5 Å². The van der Waals surface area contributed by atoms with Gasteiger partial charge < -0.3 is 10.2 Å². The summed E-state index contributed by atoms with van der Waals surface area (Å²) in [6.07, 6.45) is -2.31. The van der Waals surface area contributed by atoms with Gasteiger partial charge in [0, 0.05) is 41.9 Å². The van der Waals surface area contributed by atoms with Crippen LogP contribution < -0.4 is 10.2 Å². The number of carbonyl (C=O) groups excluding carboxylic acids is 1. The Balaban J connectivity index is 1.70. The first-order valence-electron chi connectivity index (χ1n) is 9.08. The van der Waals surface area contributed by atoms with Crippen molar-refractivity contribution in [2.75, 3.05) is 16.8 Å². The number of non-ortho nitro benzene ring substituents is 1. The standard InChI is InChI=1S/C20H14F3N5O3/c21-20(22,23)7-5-18(29)26-13-2-4-16-15(9-13)19(25-11-24-16)27-8-6-12-1-3-14(28(30)31)10-17(12)27/h1-5,7,9-11H,6,8H2,(H,26,29). The molecule has 2 aromatic carbocycles. The van der Waals surface area contributed by atoms with Gasteiger partial charge in [-0.05, 0) is 30.2 Å². The number of fused-ring (bicyclic) bond motifs is 2. The third-order valence-electron chi connectivity index (χ3n) is 4.74. The van der Waals surface area contributed by atoms with Crippen LogP contribution in [0.25, 0.3) is 10.9 Å². The van der Waals surface area contributed by atoms with Crippen LogP contribution in [0.15, 0.2) is 54.9 Å². The molecule has 0 fully saturated rings. The minimum absolute atomic E-state index is 0.0478. The highest BCUT2D eigenvalue weighted by Crippen LogP contribution is 2.38. The van der Waals surface area contributed by atoms with Gasteiger partial charge in [0.2, 0.25) is 5.91 Å². The number of hydrogen-bond acceptors (Lipinski definition) is 6. The maximum atomic E-state index is 12.3. The lowest BCUT2D eigenvalue weighted by Crippen LogP contribution is -2.16. The van der Waals surface area contributed by atoms with E-state index < -0.39 is 17.0 Å². The van der Waals surface area contributed by atoms with E-state index in [4.69, 9.17) is 0 Å². The molecule has 1 aliphatic heterocycles. The van der Waals surface area contributed by atoms with Gasteiger partial charge in [-0.1, -0.05) is 6.07 Å². The predicted octanol–water partition coefficient (Wildman–Crippen LogP) is 4.29. The molecule has 1 aromatic heterocycles. The molecule has 3 aromatic rings. The Bertz CT molecular complexity index is 1230. The second-order valence-electron chi connectivity index (χ2n) is 6.77. The number of rotatable bonds is 4. The summed E-state index contributed by atoms with van der Waals surface area (Å²) in [6, 6.07) is 9.30. The Kier molecular flexibility index (Phi) is 5.01. The average molecular weight is 429 g/mol. The van der Waals surface area contributed by atoms with E-state index in [1.54, 1.807) is 18.2 Å². The summed E-state index contributed by atoms with van der Waals surface area (Å²) in [4.78, 5) is 32.8. The number of nitro benzene ring substituents is 1. The van der Waals surface area contributed by atoms with E-state index in [0.717, 1.165) is 5.56 Å². The number of nitrogens with one attached hydrogen (secondary N) is 1. The largest absolute Gasteiger partial charge is 0.409 e. The first-order chi connectivity index (χ1) is 14.7. The van der Waals surface area contributed by atoms with E-state index in [1.807, 2.05) is 4.90 Å². The van der Waals surface area contributed by atoms with Gasteiger partial charge in [-0.15, -0.1) is 0 Å². The second-order valence-corrected chi connectivity index (χ2v) is 6.77. The maximum Gasteiger partial charge on any atom is 0.409 e. The van der Waals surface area contributed by atoms with Crippen LogP contribution >= 0.6 is 0 Å². The molecule has 2 heterocycles. The van der Waals surface area contributed by atoms with Crippen LogP contribution in [0.4, 0.5) is 36.1 Å². The van der Waals surface area contributed by atoms with Crippen LogP contribution in [0.1, 0.15) is 5.56 Å². The molecule has 0 atom stereocenters. The molecule has 0 spiro atoms. The average Bonchev–Trinajstić information content (AvgIpc) is 3.14. The van der Waals surface area contributed by atoms with Gasteiger partial charge in [-0.2, -0.15) is 13.2 Å². The lowest BCUT2D eigenvalue weighted by molar-refractivity contribution is -0.384. The van der Waals surface area contributed by atoms with Gasteiger partial charge in [-0.25, -0.2) is 9.97 Å². The smallest absolute Gasteiger partial charge is 0.325 e. The summed E-state index contributed by atoms with van der Waals surface area (Å²) >= 11 is 0. The predicted molar refractivity (Wildman–Crippen MR) is 107 cm³/mol. The number of amides is 1. The fraction of sp³-hybridized carbons (Fsp3) is 0.150. The Hall–Kier alpha value is -4.02. The fourth-order valence-corrected chi connectivity index (χ4v) is 3.39. The van der Waals surface area contributed by atoms with Crippen molar-refractivity contribution in [3.63, 3.8) is 0 Å². The molecule has 1 aliphatic rings. The van der Waals surface area contributed by atoms with Crippen LogP contribution in [0.5, 0.6) is 0 Å². The zero-order valence-corrected chi connectivity index (χ0v) is 15.8. The van der Waals surface area contributed by atoms with Crippen molar-refractivity contribution in [2.45, 2.75) is 12.6 Å². The summed E-state index contributed by atoms with van der Waals surface area (Å²) in [5.41, 5.74) is 2.34. The number of allylic oxidation sites excluding steroid dienone is 1. The Morgan fingerprint density at radius 3 is 2.74 bits per heavy atom. The number of nitrogens with zero attached hydrogens (tertiary/aromatic N) is 4. The Labute approximate surface area is 173 Å². The summed E-state index contributed by atoms with van der Waals surface area (Å²) < 4.78 is 36.8. The first-order valence-corrected chi connectivity index (χ1v) is 9.08. The zero-order chi connectivity index (χ0) is 22.2. The van der Waals surface area contributed by atoms with Crippen LogP contribution in [0.3, 0.4) is 0 Å². The zero-order valence-electron chi connectivity index (χ0n) is 15.8. The van der Waals surface area contributed by atoms with Crippen LogP contribution in [0, 0.1) is 10.1 Å². The normalized spacial score (nSPS) is 13.6. The molecule has 0 bridgehead atoms. The number of anilines is 3. The fourth-order valence-electron chi connectivity index (χ4n) is 3.39. The number of halogens is 3. The highest BCUT2D eigenvalue weighted by Gasteiger charge is 2.26. The minimum atomic E-state index is -4.59. The van der Waals surface area contributed by atoms with Crippen molar-refractivity contribution in [1.82, 2.24) is 9.97 Å². The number of hydrogen-bond donors (Lipinski definition) is 1. The van der Waals surface area contributed by atoms with E-state index in [9.17, 15) is 28.1 Å². The van der Waals surface area contributed by atoms with E-state index in [0.29, 0.717) is 41.4 Å². The van der Waals surface area contributed by atoms with Crippen molar-refractivity contribution in [2.24, 2.45) is 0 Å². The Morgan fingerprint density at radius 2 is 2.00 bits per heavy atom. The molecule has 1 amide bonds. The van der Waals surface area contributed by atoms with Crippen molar-refractivity contribution in [1.29, 1.82) is 0 Å². The molecule has 0 aliphatic carbocycles. The van der Waals surface area contributed by atoms with Gasteiger partial charge in [0.1, 0.15) is 12.1 Å². The quantitative estimate of drug-likeness (QED) is 0.377. The van der Waals surface area contributed by atoms with Crippen molar-refractivity contribution in [3.8, 4) is 0 Å². The number of nitro groups is 1. The number of alkyl halides is 3. The van der Waals surface area contributed by atoms with Gasteiger partial charge >= 0.3 is 6.18 Å². The highest BCUT2D eigenvalue weighted by molar-refractivity contribution is 6.02. The second kappa shape index (κ2) is 7.67. The molecule has 1 N–H and O–H groups in total. The molecule has 158 valence electrons.